The van der Waals surface area contributed by atoms with Crippen LogP contribution in [0.25, 0.3) is 0 Å². The fourth-order valence-electron chi connectivity index (χ4n) is 6.16. The van der Waals surface area contributed by atoms with Crippen molar-refractivity contribution in [2.75, 3.05) is 32.6 Å². The predicted octanol–water partition coefficient (Wildman–Crippen LogP) is 4.13. The highest BCUT2D eigenvalue weighted by atomic mass is 32.2. The Bertz CT molecular complexity index is 1430. The van der Waals surface area contributed by atoms with E-state index >= 15 is 0 Å². The molecule has 2 saturated heterocycles. The average molecular weight is 538 g/mol. The summed E-state index contributed by atoms with van der Waals surface area (Å²) in [6.07, 6.45) is 1.56. The minimum absolute atomic E-state index is 0.237. The number of hydrogen-bond donors (Lipinski definition) is 0. The van der Waals surface area contributed by atoms with Gasteiger partial charge < -0.3 is 14.1 Å². The zero-order valence-electron chi connectivity index (χ0n) is 20.4. The van der Waals surface area contributed by atoms with Crippen LogP contribution in [0.4, 0.5) is 10.1 Å². The monoisotopic (exact) mass is 537 g/mol. The van der Waals surface area contributed by atoms with Crippen molar-refractivity contribution in [1.82, 2.24) is 9.80 Å². The lowest BCUT2D eigenvalue weighted by atomic mass is 9.73. The van der Waals surface area contributed by atoms with Gasteiger partial charge in [0, 0.05) is 24.8 Å². The van der Waals surface area contributed by atoms with Gasteiger partial charge in [-0.25, -0.2) is 4.39 Å². The molecule has 0 bridgehead atoms. The molecule has 3 aromatic rings. The zero-order valence-corrected chi connectivity index (χ0v) is 22.1. The van der Waals surface area contributed by atoms with Gasteiger partial charge in [0.25, 0.3) is 5.91 Å². The highest BCUT2D eigenvalue weighted by Crippen LogP contribution is 2.66. The molecule has 0 aliphatic carbocycles. The van der Waals surface area contributed by atoms with Crippen molar-refractivity contribution in [1.29, 1.82) is 0 Å². The molecule has 7 nitrogen and oxygen atoms in total. The van der Waals surface area contributed by atoms with E-state index in [1.54, 1.807) is 44.5 Å². The van der Waals surface area contributed by atoms with Crippen molar-refractivity contribution in [3.8, 4) is 5.75 Å². The lowest BCUT2D eigenvalue weighted by molar-refractivity contribution is -0.139. The maximum Gasteiger partial charge on any atom is 0.254 e. The summed E-state index contributed by atoms with van der Waals surface area (Å²) in [4.78, 5) is 33.9. The number of rotatable bonds is 4. The Morgan fingerprint density at radius 3 is 2.57 bits per heavy atom. The highest BCUT2D eigenvalue weighted by molar-refractivity contribution is 8.25. The van der Waals surface area contributed by atoms with E-state index in [9.17, 15) is 14.0 Å². The molecule has 6 rings (SSSR count). The van der Waals surface area contributed by atoms with E-state index in [2.05, 4.69) is 0 Å². The summed E-state index contributed by atoms with van der Waals surface area (Å²) >= 11 is 7.01. The molecule has 2 fully saturated rings. The second-order valence-electron chi connectivity index (χ2n) is 9.53. The minimum atomic E-state index is -1.48. The summed E-state index contributed by atoms with van der Waals surface area (Å²) in [5.74, 6) is -0.270. The number of likely N-dealkylation sites (N-methyl/N-ethyl adjacent to an activating group) is 2. The number of carbonyl (C=O) groups excluding carboxylic acids is 2. The van der Waals surface area contributed by atoms with Crippen LogP contribution >= 0.6 is 24.0 Å². The van der Waals surface area contributed by atoms with E-state index in [1.807, 2.05) is 35.2 Å². The van der Waals surface area contributed by atoms with E-state index in [0.717, 1.165) is 5.56 Å². The smallest absolute Gasteiger partial charge is 0.254 e. The quantitative estimate of drug-likeness (QED) is 0.464. The van der Waals surface area contributed by atoms with Crippen molar-refractivity contribution in [2.45, 2.75) is 22.7 Å². The number of thioether (sulfide) groups is 1. The van der Waals surface area contributed by atoms with Crippen LogP contribution < -0.4 is 9.64 Å². The molecule has 3 aliphatic heterocycles. The van der Waals surface area contributed by atoms with Gasteiger partial charge in [-0.2, -0.15) is 0 Å². The molecule has 10 heteroatoms. The average Bonchev–Trinajstić information content (AvgIpc) is 3.61. The Balaban J connectivity index is 1.55. The molecule has 3 aliphatic rings. The summed E-state index contributed by atoms with van der Waals surface area (Å²) in [6.45, 7) is 0.585. The van der Waals surface area contributed by atoms with Gasteiger partial charge >= 0.3 is 0 Å². The first-order chi connectivity index (χ1) is 17.8. The molecule has 0 N–H and O–H groups in total. The van der Waals surface area contributed by atoms with Crippen LogP contribution in [0.2, 0.25) is 0 Å². The first-order valence-corrected chi connectivity index (χ1v) is 13.0. The van der Waals surface area contributed by atoms with Gasteiger partial charge in [0.05, 0.1) is 25.8 Å². The number of likely N-dealkylation sites (tertiary alicyclic amines) is 1. The fraction of sp³-hybridized carbons (Fsp3) is 0.296. The van der Waals surface area contributed by atoms with Crippen LogP contribution in [-0.2, 0) is 21.7 Å². The van der Waals surface area contributed by atoms with Crippen molar-refractivity contribution >= 4 is 45.8 Å². The molecule has 190 valence electrons. The Kier molecular flexibility index (Phi) is 5.48. The summed E-state index contributed by atoms with van der Waals surface area (Å²) < 4.78 is 24.8. The van der Waals surface area contributed by atoms with Crippen LogP contribution in [0.5, 0.6) is 5.75 Å². The second-order valence-corrected chi connectivity index (χ2v) is 11.4. The molecule has 0 radical (unpaired) electrons. The number of carbonyl (C=O) groups is 2. The summed E-state index contributed by atoms with van der Waals surface area (Å²) in [5, 5.41) is 0. The number of fused-ring (bicyclic) bond motifs is 3. The molecule has 2 amide bonds. The predicted molar refractivity (Wildman–Crippen MR) is 142 cm³/mol. The molecular formula is C27H24FN3O4S2. The molecule has 2 aromatic carbocycles. The van der Waals surface area contributed by atoms with E-state index in [-0.39, 0.29) is 18.4 Å². The van der Waals surface area contributed by atoms with E-state index in [1.165, 1.54) is 28.8 Å². The molecular weight excluding hydrogens is 513 g/mol. The summed E-state index contributed by atoms with van der Waals surface area (Å²) in [6, 6.07) is 15.3. The number of benzene rings is 2. The van der Waals surface area contributed by atoms with E-state index in [4.69, 9.17) is 21.4 Å². The lowest BCUT2D eigenvalue weighted by Crippen LogP contribution is -2.62. The third kappa shape index (κ3) is 3.06. The standard InChI is InChI=1S/C27H24FN3O4S2/c1-29-15-20(22-5-4-12-35-22)27(26(29)19-13-17(28)8-11-21(19)30(2)23(26)32)24(33)31(25(36)37-27)14-16-6-9-18(34-3)10-7-16/h4-13,20H,14-15H2,1-3H3. The zero-order chi connectivity index (χ0) is 26.1. The van der Waals surface area contributed by atoms with Gasteiger partial charge in [0.2, 0.25) is 5.91 Å². The number of anilines is 1. The van der Waals surface area contributed by atoms with E-state index in [0.29, 0.717) is 33.6 Å². The van der Waals surface area contributed by atoms with Crippen molar-refractivity contribution in [3.05, 3.63) is 83.6 Å². The highest BCUT2D eigenvalue weighted by Gasteiger charge is 2.79. The van der Waals surface area contributed by atoms with Gasteiger partial charge in [0.15, 0.2) is 5.54 Å². The van der Waals surface area contributed by atoms with Crippen molar-refractivity contribution in [2.24, 2.45) is 0 Å². The Morgan fingerprint density at radius 1 is 1.14 bits per heavy atom. The Labute approximate surface area is 223 Å². The molecule has 4 heterocycles. The second kappa shape index (κ2) is 8.41. The molecule has 3 atom stereocenters. The number of nitrogens with zero attached hydrogens (tertiary/aromatic N) is 3. The maximum atomic E-state index is 14.7. The number of methoxy groups -OCH3 is 1. The normalized spacial score (nSPS) is 27.2. The Hall–Kier alpha value is -3.21. The first-order valence-electron chi connectivity index (χ1n) is 11.8. The lowest BCUT2D eigenvalue weighted by Gasteiger charge is -2.41. The minimum Gasteiger partial charge on any atom is -0.497 e. The number of thiocarbonyl (C=S) groups is 1. The molecule has 2 spiro atoms. The van der Waals surface area contributed by atoms with Crippen molar-refractivity contribution < 1.29 is 23.1 Å². The van der Waals surface area contributed by atoms with Gasteiger partial charge in [-0.15, -0.1) is 0 Å². The first kappa shape index (κ1) is 24.1. The third-order valence-electron chi connectivity index (χ3n) is 7.80. The van der Waals surface area contributed by atoms with Gasteiger partial charge in [-0.05, 0) is 55.1 Å². The van der Waals surface area contributed by atoms with Crippen LogP contribution in [0.15, 0.2) is 65.3 Å². The molecule has 0 saturated carbocycles. The molecule has 37 heavy (non-hydrogen) atoms. The molecule has 1 aromatic heterocycles. The fourth-order valence-corrected chi connectivity index (χ4v) is 8.27. The maximum absolute atomic E-state index is 14.7. The van der Waals surface area contributed by atoms with Crippen LogP contribution in [-0.4, -0.2) is 58.4 Å². The number of hydrogen-bond acceptors (Lipinski definition) is 7. The van der Waals surface area contributed by atoms with E-state index < -0.39 is 22.0 Å². The summed E-state index contributed by atoms with van der Waals surface area (Å²) in [5.41, 5.74) is 0.430. The number of halogens is 1. The summed E-state index contributed by atoms with van der Waals surface area (Å²) in [7, 11) is 5.06. The largest absolute Gasteiger partial charge is 0.497 e. The number of amides is 2. The van der Waals surface area contributed by atoms with Crippen LogP contribution in [0.1, 0.15) is 22.8 Å². The van der Waals surface area contributed by atoms with Crippen LogP contribution in [0, 0.1) is 5.82 Å². The third-order valence-corrected chi connectivity index (χ3v) is 9.74. The van der Waals surface area contributed by atoms with Gasteiger partial charge in [0.1, 0.15) is 26.4 Å². The van der Waals surface area contributed by atoms with Crippen LogP contribution in [0.3, 0.4) is 0 Å². The SMILES string of the molecule is COc1ccc(CN2C(=O)C3(SC2=S)C(c2ccco2)CN(C)C32C(=O)N(C)c3ccc(F)cc32)cc1. The van der Waals surface area contributed by atoms with Gasteiger partial charge in [-0.1, -0.05) is 36.1 Å². The number of furan rings is 1. The topological polar surface area (TPSA) is 66.2 Å². The van der Waals surface area contributed by atoms with Gasteiger partial charge in [-0.3, -0.25) is 19.4 Å². The molecule has 3 unspecified atom stereocenters. The van der Waals surface area contributed by atoms with Crippen molar-refractivity contribution in [3.63, 3.8) is 0 Å². The number of ether oxygens (including phenoxy) is 1. The Morgan fingerprint density at radius 2 is 1.89 bits per heavy atom.